The third kappa shape index (κ3) is 6.40. The minimum absolute atomic E-state index is 0. The third-order valence-corrected chi connectivity index (χ3v) is 6.09. The lowest BCUT2D eigenvalue weighted by molar-refractivity contribution is 0.0963. The summed E-state index contributed by atoms with van der Waals surface area (Å²) in [6, 6.07) is 7.73. The van der Waals surface area contributed by atoms with Gasteiger partial charge in [0.15, 0.2) is 5.96 Å². The van der Waals surface area contributed by atoms with Crippen LogP contribution in [0.25, 0.3) is 0 Å². The summed E-state index contributed by atoms with van der Waals surface area (Å²) in [6.07, 6.45) is 5.67. The summed E-state index contributed by atoms with van der Waals surface area (Å²) in [5.74, 6) is 0.798. The maximum atomic E-state index is 11.8. The highest BCUT2D eigenvalue weighted by Gasteiger charge is 2.16. The number of nitrogens with zero attached hydrogens (tertiary/aromatic N) is 3. The lowest BCUT2D eigenvalue weighted by Crippen LogP contribution is -2.39. The first kappa shape index (κ1) is 23.6. The first-order chi connectivity index (χ1) is 13.6. The smallest absolute Gasteiger partial charge is 0.251 e. The van der Waals surface area contributed by atoms with Crippen molar-refractivity contribution in [3.8, 4) is 0 Å². The molecule has 1 aliphatic rings. The largest absolute Gasteiger partial charge is 0.356 e. The molecule has 158 valence electrons. The molecular formula is C21H30IN5OS. The zero-order valence-electron chi connectivity index (χ0n) is 17.3. The van der Waals surface area contributed by atoms with E-state index in [2.05, 4.69) is 20.5 Å². The molecular weight excluding hydrogens is 497 g/mol. The molecule has 0 fully saturated rings. The van der Waals surface area contributed by atoms with Crippen molar-refractivity contribution in [1.29, 1.82) is 0 Å². The highest BCUT2D eigenvalue weighted by atomic mass is 127. The number of aromatic nitrogens is 1. The van der Waals surface area contributed by atoms with E-state index in [-0.39, 0.29) is 29.9 Å². The first-order valence-electron chi connectivity index (χ1n) is 9.81. The summed E-state index contributed by atoms with van der Waals surface area (Å²) in [5.41, 5.74) is 3.12. The number of amides is 1. The molecule has 0 saturated heterocycles. The molecule has 1 aromatic heterocycles. The van der Waals surface area contributed by atoms with E-state index in [9.17, 15) is 4.79 Å². The molecule has 29 heavy (non-hydrogen) atoms. The number of fused-ring (bicyclic) bond motifs is 1. The number of aliphatic imine (C=N–C) groups is 1. The monoisotopic (exact) mass is 527 g/mol. The van der Waals surface area contributed by atoms with Crippen molar-refractivity contribution >= 4 is 47.2 Å². The quantitative estimate of drug-likeness (QED) is 0.344. The second-order valence-corrected chi connectivity index (χ2v) is 8.21. The van der Waals surface area contributed by atoms with Gasteiger partial charge in [-0.3, -0.25) is 9.79 Å². The summed E-state index contributed by atoms with van der Waals surface area (Å²) < 4.78 is 0. The second kappa shape index (κ2) is 11.5. The van der Waals surface area contributed by atoms with Gasteiger partial charge in [0.25, 0.3) is 5.91 Å². The van der Waals surface area contributed by atoms with Crippen LogP contribution in [-0.2, 0) is 25.8 Å². The van der Waals surface area contributed by atoms with Crippen LogP contribution in [0.3, 0.4) is 0 Å². The standard InChI is InChI=1S/C21H29N5OS.HI/c1-22-20(27)16-8-6-7-15(13-16)11-12-24-21(23-2)26(3)14-19-25-17-9-4-5-10-18(17)28-19;/h6-8,13H,4-5,9-12,14H2,1-3H3,(H,22,27)(H,23,24);1H. The van der Waals surface area contributed by atoms with Crippen LogP contribution < -0.4 is 10.6 Å². The molecule has 1 aromatic carbocycles. The Balaban J connectivity index is 0.00000300. The number of guanidine groups is 1. The maximum absolute atomic E-state index is 11.8. The molecule has 8 heteroatoms. The van der Waals surface area contributed by atoms with Gasteiger partial charge in [-0.1, -0.05) is 12.1 Å². The van der Waals surface area contributed by atoms with Crippen molar-refractivity contribution < 1.29 is 4.79 Å². The summed E-state index contributed by atoms with van der Waals surface area (Å²) in [4.78, 5) is 24.6. The van der Waals surface area contributed by atoms with Gasteiger partial charge in [-0.05, 0) is 49.8 Å². The van der Waals surface area contributed by atoms with Gasteiger partial charge in [0.05, 0.1) is 12.2 Å². The van der Waals surface area contributed by atoms with E-state index in [0.717, 1.165) is 42.5 Å². The van der Waals surface area contributed by atoms with Gasteiger partial charge >= 0.3 is 0 Å². The molecule has 3 rings (SSSR count). The Morgan fingerprint density at radius 3 is 2.83 bits per heavy atom. The Morgan fingerprint density at radius 2 is 2.10 bits per heavy atom. The van der Waals surface area contributed by atoms with Crippen LogP contribution in [0.4, 0.5) is 0 Å². The van der Waals surface area contributed by atoms with Crippen LogP contribution in [0.15, 0.2) is 29.3 Å². The zero-order chi connectivity index (χ0) is 19.9. The predicted molar refractivity (Wildman–Crippen MR) is 131 cm³/mol. The number of halogens is 1. The molecule has 1 amide bonds. The van der Waals surface area contributed by atoms with E-state index in [1.807, 2.05) is 42.6 Å². The molecule has 1 aliphatic carbocycles. The number of carbonyl (C=O) groups excluding carboxylic acids is 1. The highest BCUT2D eigenvalue weighted by Crippen LogP contribution is 2.27. The van der Waals surface area contributed by atoms with Crippen molar-refractivity contribution in [3.05, 3.63) is 51.0 Å². The number of carbonyl (C=O) groups is 1. The molecule has 0 radical (unpaired) electrons. The van der Waals surface area contributed by atoms with Crippen LogP contribution in [0, 0.1) is 0 Å². The van der Waals surface area contributed by atoms with Crippen LogP contribution in [0.2, 0.25) is 0 Å². The van der Waals surface area contributed by atoms with E-state index in [0.29, 0.717) is 5.56 Å². The van der Waals surface area contributed by atoms with E-state index < -0.39 is 0 Å². The van der Waals surface area contributed by atoms with E-state index in [1.165, 1.54) is 29.8 Å². The summed E-state index contributed by atoms with van der Waals surface area (Å²) >= 11 is 1.85. The topological polar surface area (TPSA) is 69.6 Å². The van der Waals surface area contributed by atoms with Crippen molar-refractivity contribution in [2.45, 2.75) is 38.6 Å². The molecule has 0 saturated carbocycles. The van der Waals surface area contributed by atoms with Gasteiger partial charge in [0.2, 0.25) is 0 Å². The van der Waals surface area contributed by atoms with Gasteiger partial charge in [-0.25, -0.2) is 4.98 Å². The molecule has 1 heterocycles. The maximum Gasteiger partial charge on any atom is 0.251 e. The molecule has 0 aliphatic heterocycles. The number of hydrogen-bond acceptors (Lipinski definition) is 4. The molecule has 0 bridgehead atoms. The number of benzene rings is 1. The number of hydrogen-bond donors (Lipinski definition) is 2. The first-order valence-corrected chi connectivity index (χ1v) is 10.6. The molecule has 0 spiro atoms. The predicted octanol–water partition coefficient (Wildman–Crippen LogP) is 3.25. The molecule has 2 N–H and O–H groups in total. The summed E-state index contributed by atoms with van der Waals surface area (Å²) in [5, 5.41) is 7.24. The molecule has 2 aromatic rings. The average molecular weight is 527 g/mol. The van der Waals surface area contributed by atoms with Crippen LogP contribution >= 0.6 is 35.3 Å². The molecule has 0 unspecified atom stereocenters. The Labute approximate surface area is 194 Å². The fourth-order valence-electron chi connectivity index (χ4n) is 3.47. The van der Waals surface area contributed by atoms with Gasteiger partial charge in [0.1, 0.15) is 5.01 Å². The zero-order valence-corrected chi connectivity index (χ0v) is 20.5. The van der Waals surface area contributed by atoms with E-state index in [4.69, 9.17) is 4.98 Å². The van der Waals surface area contributed by atoms with Crippen LogP contribution in [0.5, 0.6) is 0 Å². The minimum Gasteiger partial charge on any atom is -0.356 e. The second-order valence-electron chi connectivity index (χ2n) is 7.04. The lowest BCUT2D eigenvalue weighted by atomic mass is 10.0. The average Bonchev–Trinajstić information content (AvgIpc) is 3.13. The third-order valence-electron chi connectivity index (χ3n) is 4.95. The van der Waals surface area contributed by atoms with Crippen molar-refractivity contribution in [3.63, 3.8) is 0 Å². The fraction of sp³-hybridized carbons (Fsp3) is 0.476. The fourth-order valence-corrected chi connectivity index (χ4v) is 4.68. The Bertz CT molecular complexity index is 828. The van der Waals surface area contributed by atoms with Crippen molar-refractivity contribution in [1.82, 2.24) is 20.5 Å². The molecule has 6 nitrogen and oxygen atoms in total. The normalized spacial score (nSPS) is 13.3. The highest BCUT2D eigenvalue weighted by molar-refractivity contribution is 14.0. The van der Waals surface area contributed by atoms with Gasteiger partial charge in [-0.15, -0.1) is 35.3 Å². The van der Waals surface area contributed by atoms with E-state index >= 15 is 0 Å². The number of thiazole rings is 1. The minimum atomic E-state index is -0.0588. The van der Waals surface area contributed by atoms with Gasteiger partial charge in [-0.2, -0.15) is 0 Å². The SMILES string of the molecule is CN=C(NCCc1cccc(C(=O)NC)c1)N(C)Cc1nc2c(s1)CCCC2.I. The Morgan fingerprint density at radius 1 is 1.31 bits per heavy atom. The van der Waals surface area contributed by atoms with Crippen LogP contribution in [0.1, 0.15) is 44.3 Å². The number of rotatable bonds is 6. The lowest BCUT2D eigenvalue weighted by Gasteiger charge is -2.21. The Hall–Kier alpha value is -1.68. The summed E-state index contributed by atoms with van der Waals surface area (Å²) in [6.45, 7) is 1.52. The number of aryl methyl sites for hydroxylation is 2. The summed E-state index contributed by atoms with van der Waals surface area (Å²) in [7, 11) is 5.50. The van der Waals surface area contributed by atoms with Gasteiger partial charge < -0.3 is 15.5 Å². The van der Waals surface area contributed by atoms with Crippen molar-refractivity contribution in [2.24, 2.45) is 4.99 Å². The molecule has 0 atom stereocenters. The van der Waals surface area contributed by atoms with Crippen LogP contribution in [-0.4, -0.2) is 49.4 Å². The van der Waals surface area contributed by atoms with E-state index in [1.54, 1.807) is 14.1 Å². The Kier molecular flexibility index (Phi) is 9.35. The number of nitrogens with one attached hydrogen (secondary N) is 2. The van der Waals surface area contributed by atoms with Crippen molar-refractivity contribution in [2.75, 3.05) is 27.7 Å². The van der Waals surface area contributed by atoms with Gasteiger partial charge in [0, 0.05) is 38.1 Å².